The van der Waals surface area contributed by atoms with Crippen LogP contribution in [0, 0.1) is 17.2 Å². The van der Waals surface area contributed by atoms with Gasteiger partial charge in [0.25, 0.3) is 0 Å². The van der Waals surface area contributed by atoms with Gasteiger partial charge in [-0.1, -0.05) is 0 Å². The standard InChI is InChI=1S/C12H15N5O2/c13-5-10-7-14-11(15-8-10)17-3-1-9(2-4-17)6-16-12(18)19/h7-9,16H,1-4,6H2,(H,18,19). The van der Waals surface area contributed by atoms with Crippen molar-refractivity contribution in [3.8, 4) is 6.07 Å². The normalized spacial score (nSPS) is 15.8. The fourth-order valence-corrected chi connectivity index (χ4v) is 2.11. The highest BCUT2D eigenvalue weighted by Crippen LogP contribution is 2.19. The number of nitrogens with zero attached hydrogens (tertiary/aromatic N) is 4. The van der Waals surface area contributed by atoms with Crippen molar-refractivity contribution in [1.82, 2.24) is 15.3 Å². The number of piperidine rings is 1. The average Bonchev–Trinajstić information content (AvgIpc) is 2.46. The topological polar surface area (TPSA) is 102 Å². The zero-order valence-electron chi connectivity index (χ0n) is 10.4. The molecular weight excluding hydrogens is 246 g/mol. The number of hydrogen-bond donors (Lipinski definition) is 2. The molecule has 2 rings (SSSR count). The van der Waals surface area contributed by atoms with Crippen LogP contribution in [-0.2, 0) is 0 Å². The van der Waals surface area contributed by atoms with Gasteiger partial charge in [-0.25, -0.2) is 14.8 Å². The summed E-state index contributed by atoms with van der Waals surface area (Å²) in [4.78, 5) is 20.8. The van der Waals surface area contributed by atoms with E-state index in [4.69, 9.17) is 10.4 Å². The Morgan fingerprint density at radius 1 is 1.47 bits per heavy atom. The molecule has 0 unspecified atom stereocenters. The van der Waals surface area contributed by atoms with Gasteiger partial charge in [-0.05, 0) is 18.8 Å². The molecule has 1 aliphatic rings. The van der Waals surface area contributed by atoms with Gasteiger partial charge in [0.2, 0.25) is 5.95 Å². The van der Waals surface area contributed by atoms with Gasteiger partial charge in [-0.3, -0.25) is 0 Å². The predicted octanol–water partition coefficient (Wildman–Crippen LogP) is 0.832. The van der Waals surface area contributed by atoms with Crippen LogP contribution in [0.2, 0.25) is 0 Å². The maximum absolute atomic E-state index is 10.4. The highest BCUT2D eigenvalue weighted by molar-refractivity contribution is 5.64. The van der Waals surface area contributed by atoms with E-state index in [0.717, 1.165) is 25.9 Å². The second kappa shape index (κ2) is 6.00. The quantitative estimate of drug-likeness (QED) is 0.835. The zero-order valence-corrected chi connectivity index (χ0v) is 10.4. The monoisotopic (exact) mass is 261 g/mol. The molecule has 2 heterocycles. The van der Waals surface area contributed by atoms with Crippen LogP contribution in [0.25, 0.3) is 0 Å². The summed E-state index contributed by atoms with van der Waals surface area (Å²) in [5.41, 5.74) is 0.448. The van der Waals surface area contributed by atoms with Crippen molar-refractivity contribution in [3.05, 3.63) is 18.0 Å². The molecule has 1 aromatic rings. The second-order valence-corrected chi connectivity index (χ2v) is 4.50. The van der Waals surface area contributed by atoms with Gasteiger partial charge in [-0.2, -0.15) is 5.26 Å². The first-order valence-electron chi connectivity index (χ1n) is 6.13. The van der Waals surface area contributed by atoms with Gasteiger partial charge in [0.15, 0.2) is 0 Å². The summed E-state index contributed by atoms with van der Waals surface area (Å²) in [6.07, 6.45) is 3.87. The molecule has 1 aromatic heterocycles. The van der Waals surface area contributed by atoms with Crippen LogP contribution in [-0.4, -0.2) is 40.8 Å². The van der Waals surface area contributed by atoms with E-state index in [9.17, 15) is 4.79 Å². The summed E-state index contributed by atoms with van der Waals surface area (Å²) in [7, 11) is 0. The van der Waals surface area contributed by atoms with Crippen LogP contribution in [0.3, 0.4) is 0 Å². The Labute approximate surface area is 110 Å². The van der Waals surface area contributed by atoms with E-state index < -0.39 is 6.09 Å². The van der Waals surface area contributed by atoms with Gasteiger partial charge < -0.3 is 15.3 Å². The Bertz CT molecular complexity index is 474. The minimum Gasteiger partial charge on any atom is -0.465 e. The lowest BCUT2D eigenvalue weighted by atomic mass is 9.97. The van der Waals surface area contributed by atoms with Crippen LogP contribution in [0.4, 0.5) is 10.7 Å². The molecule has 0 saturated carbocycles. The molecule has 1 fully saturated rings. The molecule has 0 spiro atoms. The molecule has 0 aromatic carbocycles. The predicted molar refractivity (Wildman–Crippen MR) is 67.7 cm³/mol. The van der Waals surface area contributed by atoms with E-state index >= 15 is 0 Å². The SMILES string of the molecule is N#Cc1cnc(N2CCC(CNC(=O)O)CC2)nc1. The molecule has 0 aliphatic carbocycles. The van der Waals surface area contributed by atoms with Crippen LogP contribution in [0.15, 0.2) is 12.4 Å². The fourth-order valence-electron chi connectivity index (χ4n) is 2.11. The number of nitrogens with one attached hydrogen (secondary N) is 1. The van der Waals surface area contributed by atoms with E-state index in [2.05, 4.69) is 20.2 Å². The Hall–Kier alpha value is -2.36. The molecule has 1 aliphatic heterocycles. The van der Waals surface area contributed by atoms with Gasteiger partial charge in [0.1, 0.15) is 6.07 Å². The van der Waals surface area contributed by atoms with E-state index in [1.807, 2.05) is 6.07 Å². The number of carbonyl (C=O) groups is 1. The van der Waals surface area contributed by atoms with Crippen molar-refractivity contribution in [3.63, 3.8) is 0 Å². The highest BCUT2D eigenvalue weighted by atomic mass is 16.4. The molecular formula is C12H15N5O2. The van der Waals surface area contributed by atoms with Crippen molar-refractivity contribution in [2.75, 3.05) is 24.5 Å². The van der Waals surface area contributed by atoms with E-state index in [0.29, 0.717) is 24.0 Å². The Morgan fingerprint density at radius 3 is 2.63 bits per heavy atom. The molecule has 1 amide bonds. The van der Waals surface area contributed by atoms with Crippen LogP contribution in [0.5, 0.6) is 0 Å². The van der Waals surface area contributed by atoms with Crippen molar-refractivity contribution >= 4 is 12.0 Å². The van der Waals surface area contributed by atoms with E-state index in [-0.39, 0.29) is 0 Å². The summed E-state index contributed by atoms with van der Waals surface area (Å²) in [6, 6.07) is 1.98. The molecule has 0 radical (unpaired) electrons. The van der Waals surface area contributed by atoms with E-state index in [1.165, 1.54) is 12.4 Å². The van der Waals surface area contributed by atoms with Crippen LogP contribution < -0.4 is 10.2 Å². The smallest absolute Gasteiger partial charge is 0.404 e. The number of hydrogen-bond acceptors (Lipinski definition) is 5. The molecule has 7 heteroatoms. The Morgan fingerprint density at radius 2 is 2.11 bits per heavy atom. The molecule has 0 bridgehead atoms. The van der Waals surface area contributed by atoms with Crippen LogP contribution in [0.1, 0.15) is 18.4 Å². The molecule has 0 atom stereocenters. The Balaban J connectivity index is 1.85. The van der Waals surface area contributed by atoms with Crippen molar-refractivity contribution < 1.29 is 9.90 Å². The molecule has 100 valence electrons. The summed E-state index contributed by atoms with van der Waals surface area (Å²) in [5, 5.41) is 19.7. The maximum Gasteiger partial charge on any atom is 0.404 e. The lowest BCUT2D eigenvalue weighted by Gasteiger charge is -2.31. The van der Waals surface area contributed by atoms with Crippen molar-refractivity contribution in [2.24, 2.45) is 5.92 Å². The summed E-state index contributed by atoms with van der Waals surface area (Å²) >= 11 is 0. The number of carboxylic acid groups (broad SMARTS) is 1. The van der Waals surface area contributed by atoms with Crippen molar-refractivity contribution in [1.29, 1.82) is 5.26 Å². The average molecular weight is 261 g/mol. The minimum absolute atomic E-state index is 0.366. The summed E-state index contributed by atoms with van der Waals surface area (Å²) in [6.45, 7) is 2.10. The number of nitriles is 1. The van der Waals surface area contributed by atoms with Gasteiger partial charge in [0.05, 0.1) is 18.0 Å². The fraction of sp³-hybridized carbons (Fsp3) is 0.500. The lowest BCUT2D eigenvalue weighted by molar-refractivity contribution is 0.191. The zero-order chi connectivity index (χ0) is 13.7. The first kappa shape index (κ1) is 13.1. The Kier molecular flexibility index (Phi) is 4.13. The van der Waals surface area contributed by atoms with Gasteiger partial charge >= 0.3 is 6.09 Å². The van der Waals surface area contributed by atoms with Gasteiger partial charge in [-0.15, -0.1) is 0 Å². The largest absolute Gasteiger partial charge is 0.465 e. The lowest BCUT2D eigenvalue weighted by Crippen LogP contribution is -2.39. The first-order valence-corrected chi connectivity index (χ1v) is 6.13. The molecule has 7 nitrogen and oxygen atoms in total. The van der Waals surface area contributed by atoms with Gasteiger partial charge in [0, 0.05) is 19.6 Å². The third-order valence-electron chi connectivity index (χ3n) is 3.21. The third kappa shape index (κ3) is 3.55. The first-order chi connectivity index (χ1) is 9.19. The number of rotatable bonds is 3. The maximum atomic E-state index is 10.4. The van der Waals surface area contributed by atoms with E-state index in [1.54, 1.807) is 0 Å². The highest BCUT2D eigenvalue weighted by Gasteiger charge is 2.21. The number of aromatic nitrogens is 2. The molecule has 19 heavy (non-hydrogen) atoms. The number of amides is 1. The van der Waals surface area contributed by atoms with Crippen molar-refractivity contribution in [2.45, 2.75) is 12.8 Å². The summed E-state index contributed by atoms with van der Waals surface area (Å²) in [5.74, 6) is 0.995. The summed E-state index contributed by atoms with van der Waals surface area (Å²) < 4.78 is 0. The molecule has 1 saturated heterocycles. The van der Waals surface area contributed by atoms with Crippen LogP contribution >= 0.6 is 0 Å². The second-order valence-electron chi connectivity index (χ2n) is 4.50. The number of anilines is 1. The molecule has 2 N–H and O–H groups in total. The minimum atomic E-state index is -0.974. The third-order valence-corrected chi connectivity index (χ3v) is 3.21.